The molecule has 20 heavy (non-hydrogen) atoms. The molecule has 2 unspecified atom stereocenters. The van der Waals surface area contributed by atoms with Gasteiger partial charge >= 0.3 is 5.97 Å². The summed E-state index contributed by atoms with van der Waals surface area (Å²) in [5.74, 6) is -0.632. The van der Waals surface area contributed by atoms with Gasteiger partial charge in [0.15, 0.2) is 0 Å². The lowest BCUT2D eigenvalue weighted by molar-refractivity contribution is -0.146. The molecule has 1 saturated heterocycles. The Hall–Kier alpha value is -2.35. The second-order valence-corrected chi connectivity index (χ2v) is 5.01. The molecule has 0 aliphatic carbocycles. The fourth-order valence-electron chi connectivity index (χ4n) is 2.50. The molecule has 2 rings (SSSR count). The van der Waals surface area contributed by atoms with Gasteiger partial charge in [0, 0.05) is 18.7 Å². The minimum absolute atomic E-state index is 0.0746. The van der Waals surface area contributed by atoms with E-state index >= 15 is 0 Å². The molecule has 1 aliphatic heterocycles. The van der Waals surface area contributed by atoms with Crippen LogP contribution in [0.2, 0.25) is 0 Å². The number of hydrogen-bond donors (Lipinski definition) is 0. The third kappa shape index (κ3) is 2.64. The summed E-state index contributed by atoms with van der Waals surface area (Å²) in [7, 11) is 1.36. The molecule has 1 heterocycles. The van der Waals surface area contributed by atoms with Crippen molar-refractivity contribution < 1.29 is 14.3 Å². The number of carbonyl (C=O) groups excluding carboxylic acids is 2. The van der Waals surface area contributed by atoms with E-state index in [0.717, 1.165) is 0 Å². The lowest BCUT2D eigenvalue weighted by atomic mass is 9.99. The summed E-state index contributed by atoms with van der Waals surface area (Å²) in [6.07, 6.45) is 0. The molecule has 5 nitrogen and oxygen atoms in total. The number of benzene rings is 1. The van der Waals surface area contributed by atoms with Crippen molar-refractivity contribution in [1.82, 2.24) is 4.90 Å². The molecule has 0 N–H and O–H groups in total. The lowest BCUT2D eigenvalue weighted by Gasteiger charge is -2.16. The number of amides is 1. The molecule has 1 aromatic rings. The normalized spacial score (nSPS) is 21.4. The maximum absolute atomic E-state index is 12.4. The minimum Gasteiger partial charge on any atom is -0.469 e. The molecule has 2 atom stereocenters. The quantitative estimate of drug-likeness (QED) is 0.764. The van der Waals surface area contributed by atoms with Crippen LogP contribution in [0.3, 0.4) is 0 Å². The van der Waals surface area contributed by atoms with E-state index in [1.165, 1.54) is 7.11 Å². The smallest absolute Gasteiger partial charge is 0.310 e. The van der Waals surface area contributed by atoms with E-state index in [2.05, 4.69) is 0 Å². The zero-order valence-corrected chi connectivity index (χ0v) is 11.5. The first-order valence-corrected chi connectivity index (χ1v) is 6.44. The lowest BCUT2D eigenvalue weighted by Crippen LogP contribution is -2.30. The molecule has 0 radical (unpaired) electrons. The van der Waals surface area contributed by atoms with Gasteiger partial charge in [0.2, 0.25) is 0 Å². The summed E-state index contributed by atoms with van der Waals surface area (Å²) in [6, 6.07) is 8.60. The fourth-order valence-corrected chi connectivity index (χ4v) is 2.50. The van der Waals surface area contributed by atoms with Crippen LogP contribution in [0, 0.1) is 23.2 Å². The van der Waals surface area contributed by atoms with Crippen LogP contribution in [0.5, 0.6) is 0 Å². The van der Waals surface area contributed by atoms with E-state index in [4.69, 9.17) is 10.00 Å². The molecule has 0 spiro atoms. The maximum atomic E-state index is 12.4. The second-order valence-electron chi connectivity index (χ2n) is 5.01. The molecule has 1 fully saturated rings. The highest BCUT2D eigenvalue weighted by Crippen LogP contribution is 2.25. The SMILES string of the molecule is COC(=O)C1CN(C(=O)c2cccc(C#N)c2)CC1C. The average molecular weight is 272 g/mol. The summed E-state index contributed by atoms with van der Waals surface area (Å²) in [4.78, 5) is 25.6. The summed E-state index contributed by atoms with van der Waals surface area (Å²) in [6.45, 7) is 2.82. The number of methoxy groups -OCH3 is 1. The predicted octanol–water partition coefficient (Wildman–Crippen LogP) is 1.44. The van der Waals surface area contributed by atoms with Crippen LogP contribution in [-0.4, -0.2) is 37.0 Å². The highest BCUT2D eigenvalue weighted by atomic mass is 16.5. The zero-order valence-electron chi connectivity index (χ0n) is 11.5. The Kier molecular flexibility index (Phi) is 4.04. The molecule has 1 amide bonds. The zero-order chi connectivity index (χ0) is 14.7. The predicted molar refractivity (Wildman–Crippen MR) is 71.7 cm³/mol. The van der Waals surface area contributed by atoms with Crippen LogP contribution in [0.25, 0.3) is 0 Å². The highest BCUT2D eigenvalue weighted by molar-refractivity contribution is 5.95. The standard InChI is InChI=1S/C15H16N2O3/c1-10-8-17(9-13(10)15(19)20-2)14(18)12-5-3-4-11(6-12)7-16/h3-6,10,13H,8-9H2,1-2H3. The van der Waals surface area contributed by atoms with Crippen LogP contribution in [0.4, 0.5) is 0 Å². The van der Waals surface area contributed by atoms with Gasteiger partial charge in [-0.2, -0.15) is 5.26 Å². The molecular weight excluding hydrogens is 256 g/mol. The Morgan fingerprint density at radius 1 is 1.40 bits per heavy atom. The monoisotopic (exact) mass is 272 g/mol. The largest absolute Gasteiger partial charge is 0.469 e. The molecule has 104 valence electrons. The van der Waals surface area contributed by atoms with Gasteiger partial charge in [-0.05, 0) is 24.1 Å². The average Bonchev–Trinajstić information content (AvgIpc) is 2.87. The Bertz CT molecular complexity index is 577. The third-order valence-electron chi connectivity index (χ3n) is 3.64. The number of ether oxygens (including phenoxy) is 1. The minimum atomic E-state index is -0.279. The number of nitrogens with zero attached hydrogens (tertiary/aromatic N) is 2. The van der Waals surface area contributed by atoms with Crippen molar-refractivity contribution in [2.75, 3.05) is 20.2 Å². The maximum Gasteiger partial charge on any atom is 0.310 e. The van der Waals surface area contributed by atoms with Crippen molar-refractivity contribution in [3.63, 3.8) is 0 Å². The van der Waals surface area contributed by atoms with E-state index in [9.17, 15) is 9.59 Å². The van der Waals surface area contributed by atoms with Crippen molar-refractivity contribution in [3.8, 4) is 6.07 Å². The first-order chi connectivity index (χ1) is 9.56. The molecule has 0 saturated carbocycles. The fraction of sp³-hybridized carbons (Fsp3) is 0.400. The number of nitriles is 1. The number of hydrogen-bond acceptors (Lipinski definition) is 4. The van der Waals surface area contributed by atoms with E-state index < -0.39 is 0 Å². The third-order valence-corrected chi connectivity index (χ3v) is 3.64. The first kappa shape index (κ1) is 14.1. The van der Waals surface area contributed by atoms with Crippen molar-refractivity contribution in [1.29, 1.82) is 5.26 Å². The van der Waals surface area contributed by atoms with Gasteiger partial charge in [-0.15, -0.1) is 0 Å². The summed E-state index contributed by atoms with van der Waals surface area (Å²) in [5.41, 5.74) is 0.925. The number of carbonyl (C=O) groups is 2. The highest BCUT2D eigenvalue weighted by Gasteiger charge is 2.37. The molecule has 0 bridgehead atoms. The van der Waals surface area contributed by atoms with Gasteiger partial charge in [0.25, 0.3) is 5.91 Å². The van der Waals surface area contributed by atoms with Gasteiger partial charge in [-0.1, -0.05) is 13.0 Å². The Labute approximate surface area is 117 Å². The number of rotatable bonds is 2. The van der Waals surface area contributed by atoms with Crippen molar-refractivity contribution in [2.24, 2.45) is 11.8 Å². The summed E-state index contributed by atoms with van der Waals surface area (Å²) >= 11 is 0. The van der Waals surface area contributed by atoms with Crippen molar-refractivity contribution in [3.05, 3.63) is 35.4 Å². The molecule has 5 heteroatoms. The van der Waals surface area contributed by atoms with Crippen LogP contribution in [0.1, 0.15) is 22.8 Å². The Morgan fingerprint density at radius 2 is 2.15 bits per heavy atom. The molecule has 1 aliphatic rings. The van der Waals surface area contributed by atoms with E-state index in [1.807, 2.05) is 13.0 Å². The van der Waals surface area contributed by atoms with Gasteiger partial charge in [0.05, 0.1) is 24.7 Å². The molecule has 0 aromatic heterocycles. The van der Waals surface area contributed by atoms with Crippen LogP contribution in [-0.2, 0) is 9.53 Å². The van der Waals surface area contributed by atoms with E-state index in [-0.39, 0.29) is 23.7 Å². The molecule has 1 aromatic carbocycles. The van der Waals surface area contributed by atoms with Gasteiger partial charge < -0.3 is 9.64 Å². The van der Waals surface area contributed by atoms with Crippen LogP contribution >= 0.6 is 0 Å². The van der Waals surface area contributed by atoms with E-state index in [0.29, 0.717) is 24.2 Å². The van der Waals surface area contributed by atoms with Gasteiger partial charge in [-0.25, -0.2) is 0 Å². The topological polar surface area (TPSA) is 70.4 Å². The van der Waals surface area contributed by atoms with Crippen molar-refractivity contribution in [2.45, 2.75) is 6.92 Å². The van der Waals surface area contributed by atoms with Gasteiger partial charge in [-0.3, -0.25) is 9.59 Å². The molecular formula is C15H16N2O3. The van der Waals surface area contributed by atoms with E-state index in [1.54, 1.807) is 29.2 Å². The second kappa shape index (κ2) is 5.74. The Morgan fingerprint density at radius 3 is 2.80 bits per heavy atom. The Balaban J connectivity index is 2.15. The number of likely N-dealkylation sites (tertiary alicyclic amines) is 1. The first-order valence-electron chi connectivity index (χ1n) is 6.44. The summed E-state index contributed by atoms with van der Waals surface area (Å²) in [5, 5.41) is 8.86. The summed E-state index contributed by atoms with van der Waals surface area (Å²) < 4.78 is 4.75. The van der Waals surface area contributed by atoms with Crippen molar-refractivity contribution >= 4 is 11.9 Å². The van der Waals surface area contributed by atoms with Gasteiger partial charge in [0.1, 0.15) is 0 Å². The van der Waals surface area contributed by atoms with Crippen LogP contribution in [0.15, 0.2) is 24.3 Å². The van der Waals surface area contributed by atoms with Crippen LogP contribution < -0.4 is 0 Å². The number of esters is 1.